The molecule has 0 spiro atoms. The van der Waals surface area contributed by atoms with Crippen molar-refractivity contribution >= 4 is 10.1 Å². The Kier molecular flexibility index (Phi) is 7.12. The van der Waals surface area contributed by atoms with Crippen molar-refractivity contribution in [3.63, 3.8) is 0 Å². The standard InChI is InChI=1S/C30H35F3O5S/c1-4-15-29(34)16-14-26-24-12-8-20-17-22(37-5-2)11-13-23(20)27(24)25(18-28(26,29)3)19-6-9-21(10-7-19)38-39(35,36)30(31,32)33/h6-10,17,23-27,34H,5,11-14,16,18H2,1-3H3/t23-,24-,25+,26-,27+,28-,29-/m0/s1. The second-order valence-corrected chi connectivity index (χ2v) is 13.1. The topological polar surface area (TPSA) is 72.8 Å². The van der Waals surface area contributed by atoms with Gasteiger partial charge in [-0.2, -0.15) is 21.6 Å². The molecule has 0 unspecified atom stereocenters. The molecule has 1 aromatic carbocycles. The number of hydrogen-bond acceptors (Lipinski definition) is 5. The molecule has 2 fully saturated rings. The Morgan fingerprint density at radius 2 is 1.87 bits per heavy atom. The van der Waals surface area contributed by atoms with E-state index in [4.69, 9.17) is 4.74 Å². The summed E-state index contributed by atoms with van der Waals surface area (Å²) in [6.07, 6.45) is 9.36. The van der Waals surface area contributed by atoms with E-state index < -0.39 is 26.6 Å². The van der Waals surface area contributed by atoms with E-state index in [-0.39, 0.29) is 17.6 Å². The molecule has 0 saturated heterocycles. The van der Waals surface area contributed by atoms with Crippen molar-refractivity contribution in [2.24, 2.45) is 29.1 Å². The Balaban J connectivity index is 1.54. The molecule has 4 aliphatic rings. The van der Waals surface area contributed by atoms with E-state index in [1.807, 2.05) is 6.92 Å². The van der Waals surface area contributed by atoms with E-state index in [1.165, 1.54) is 17.7 Å². The SMILES string of the molecule is CC#C[C@]1(O)CC[C@H]2[C@@H]3CC=C4C=C(OCC)CC[C@@H]4[C@H]3[C@@H](c3ccc(OS(=O)(=O)C(F)(F)F)cc3)C[C@@]21C. The average molecular weight is 565 g/mol. The summed E-state index contributed by atoms with van der Waals surface area (Å²) in [6, 6.07) is 5.94. The van der Waals surface area contributed by atoms with Crippen molar-refractivity contribution in [1.29, 1.82) is 0 Å². The number of hydrogen-bond donors (Lipinski definition) is 1. The smallest absolute Gasteiger partial charge is 0.498 e. The van der Waals surface area contributed by atoms with Crippen LogP contribution in [0.4, 0.5) is 13.2 Å². The van der Waals surface area contributed by atoms with Crippen LogP contribution in [0.2, 0.25) is 0 Å². The molecule has 1 N–H and O–H groups in total. The minimum atomic E-state index is -5.75. The van der Waals surface area contributed by atoms with Crippen LogP contribution in [-0.4, -0.2) is 31.2 Å². The molecule has 212 valence electrons. The highest BCUT2D eigenvalue weighted by atomic mass is 32.2. The predicted molar refractivity (Wildman–Crippen MR) is 141 cm³/mol. The van der Waals surface area contributed by atoms with Gasteiger partial charge >= 0.3 is 15.6 Å². The van der Waals surface area contributed by atoms with Crippen LogP contribution >= 0.6 is 0 Å². The maximum Gasteiger partial charge on any atom is 0.534 e. The third-order valence-corrected chi connectivity index (χ3v) is 10.7. The van der Waals surface area contributed by atoms with E-state index in [1.54, 1.807) is 19.1 Å². The fraction of sp³-hybridized carbons (Fsp3) is 0.600. The molecule has 0 aliphatic heterocycles. The monoisotopic (exact) mass is 564 g/mol. The lowest BCUT2D eigenvalue weighted by Crippen LogP contribution is -2.54. The molecule has 0 bridgehead atoms. The van der Waals surface area contributed by atoms with Gasteiger partial charge in [0.1, 0.15) is 11.4 Å². The van der Waals surface area contributed by atoms with Gasteiger partial charge in [-0.25, -0.2) is 0 Å². The van der Waals surface area contributed by atoms with Crippen molar-refractivity contribution in [2.45, 2.75) is 76.3 Å². The highest BCUT2D eigenvalue weighted by Gasteiger charge is 2.64. The van der Waals surface area contributed by atoms with E-state index in [0.717, 1.165) is 37.0 Å². The summed E-state index contributed by atoms with van der Waals surface area (Å²) in [5, 5.41) is 11.8. The van der Waals surface area contributed by atoms with E-state index >= 15 is 0 Å². The molecule has 7 atom stereocenters. The summed E-state index contributed by atoms with van der Waals surface area (Å²) >= 11 is 0. The number of halogens is 3. The predicted octanol–water partition coefficient (Wildman–Crippen LogP) is 6.47. The van der Waals surface area contributed by atoms with E-state index in [9.17, 15) is 26.7 Å². The van der Waals surface area contributed by atoms with Gasteiger partial charge in [-0.05, 0) is 105 Å². The normalized spacial score (nSPS) is 35.8. The number of fused-ring (bicyclic) bond motifs is 5. The Bertz CT molecular complexity index is 1340. The van der Waals surface area contributed by atoms with Crippen LogP contribution in [0.5, 0.6) is 5.75 Å². The van der Waals surface area contributed by atoms with Gasteiger partial charge in [-0.3, -0.25) is 0 Å². The Hall–Kier alpha value is -2.44. The van der Waals surface area contributed by atoms with Crippen LogP contribution in [0.15, 0.2) is 47.7 Å². The Morgan fingerprint density at radius 1 is 1.15 bits per heavy atom. The molecule has 39 heavy (non-hydrogen) atoms. The van der Waals surface area contributed by atoms with Crippen molar-refractivity contribution in [3.05, 3.63) is 53.3 Å². The third kappa shape index (κ3) is 4.67. The van der Waals surface area contributed by atoms with Crippen LogP contribution in [0.1, 0.15) is 70.8 Å². The van der Waals surface area contributed by atoms with Gasteiger partial charge < -0.3 is 14.0 Å². The summed E-state index contributed by atoms with van der Waals surface area (Å²) in [7, 11) is -5.75. The summed E-state index contributed by atoms with van der Waals surface area (Å²) in [5.74, 6) is 7.86. The van der Waals surface area contributed by atoms with Crippen LogP contribution in [0, 0.1) is 40.9 Å². The van der Waals surface area contributed by atoms with Crippen molar-refractivity contribution in [3.8, 4) is 17.6 Å². The zero-order valence-electron chi connectivity index (χ0n) is 22.4. The first-order chi connectivity index (χ1) is 18.3. The summed E-state index contributed by atoms with van der Waals surface area (Å²) in [6.45, 7) is 6.47. The van der Waals surface area contributed by atoms with E-state index in [0.29, 0.717) is 37.2 Å². The van der Waals surface area contributed by atoms with Crippen LogP contribution in [-0.2, 0) is 14.9 Å². The number of aliphatic hydroxyl groups is 1. The van der Waals surface area contributed by atoms with Gasteiger partial charge in [0.2, 0.25) is 0 Å². The minimum absolute atomic E-state index is 0.00329. The highest BCUT2D eigenvalue weighted by Crippen LogP contribution is 2.67. The molecule has 5 rings (SSSR count). The Labute approximate surface area is 228 Å². The van der Waals surface area contributed by atoms with Crippen molar-refractivity contribution in [1.82, 2.24) is 0 Å². The zero-order chi connectivity index (χ0) is 28.2. The van der Waals surface area contributed by atoms with Gasteiger partial charge in [-0.15, -0.1) is 5.92 Å². The maximum atomic E-state index is 12.8. The number of allylic oxidation sites excluding steroid dienone is 4. The summed E-state index contributed by atoms with van der Waals surface area (Å²) < 4.78 is 71.7. The minimum Gasteiger partial charge on any atom is -0.498 e. The van der Waals surface area contributed by atoms with Crippen LogP contribution < -0.4 is 4.18 Å². The van der Waals surface area contributed by atoms with Gasteiger partial charge in [0.05, 0.1) is 12.4 Å². The lowest BCUT2D eigenvalue weighted by Gasteiger charge is -2.57. The molecule has 0 radical (unpaired) electrons. The van der Waals surface area contributed by atoms with Gasteiger partial charge in [0.15, 0.2) is 0 Å². The molecule has 0 heterocycles. The van der Waals surface area contributed by atoms with Gasteiger partial charge in [-0.1, -0.05) is 31.1 Å². The molecule has 0 aromatic heterocycles. The molecule has 0 amide bonds. The van der Waals surface area contributed by atoms with Crippen molar-refractivity contribution < 1.29 is 35.6 Å². The van der Waals surface area contributed by atoms with Crippen LogP contribution in [0.25, 0.3) is 0 Å². The molecular weight excluding hydrogens is 529 g/mol. The Morgan fingerprint density at radius 3 is 2.51 bits per heavy atom. The second-order valence-electron chi connectivity index (χ2n) is 11.5. The number of alkyl halides is 3. The molecule has 5 nitrogen and oxygen atoms in total. The number of ether oxygens (including phenoxy) is 1. The fourth-order valence-corrected chi connectivity index (χ4v) is 8.52. The first-order valence-corrected chi connectivity index (χ1v) is 15.0. The largest absolute Gasteiger partial charge is 0.534 e. The lowest BCUT2D eigenvalue weighted by molar-refractivity contribution is -0.0902. The van der Waals surface area contributed by atoms with E-state index in [2.05, 4.69) is 35.1 Å². The molecule has 9 heteroatoms. The molecule has 2 saturated carbocycles. The molecule has 4 aliphatic carbocycles. The third-order valence-electron chi connectivity index (χ3n) is 9.71. The summed E-state index contributed by atoms with van der Waals surface area (Å²) in [4.78, 5) is 0. The average Bonchev–Trinajstić information content (AvgIpc) is 3.13. The molecule has 1 aromatic rings. The van der Waals surface area contributed by atoms with Crippen molar-refractivity contribution in [2.75, 3.05) is 6.61 Å². The molecular formula is C30H35F3O5S. The zero-order valence-corrected chi connectivity index (χ0v) is 23.2. The number of rotatable bonds is 5. The first-order valence-electron chi connectivity index (χ1n) is 13.6. The maximum absolute atomic E-state index is 12.8. The first kappa shape index (κ1) is 28.1. The lowest BCUT2D eigenvalue weighted by atomic mass is 9.47. The van der Waals surface area contributed by atoms with Crippen LogP contribution in [0.3, 0.4) is 0 Å². The second kappa shape index (κ2) is 9.88. The number of benzene rings is 1. The fourth-order valence-electron chi connectivity index (χ4n) is 8.06. The van der Waals surface area contributed by atoms with Gasteiger partial charge in [0.25, 0.3) is 0 Å². The highest BCUT2D eigenvalue weighted by molar-refractivity contribution is 7.88. The summed E-state index contributed by atoms with van der Waals surface area (Å²) in [5.41, 5.74) is -4.89. The quantitative estimate of drug-likeness (QED) is 0.252. The van der Waals surface area contributed by atoms with Gasteiger partial charge in [0, 0.05) is 11.8 Å².